The predicted octanol–water partition coefficient (Wildman–Crippen LogP) is 7.30. The standard InChI is InChI=1S/C32H49ClN4O3Si/c1-36(32(39)40-19-20-41(2,3)4)24-28(21-25-11-6-5-7-12-25)35-31(38)26-13-8-15-29(22-26)37(18-10-17-34)30-16-9-14-27(33)23-30/h8-9,13-16,22-23,25,28H,5-7,10-12,17-21,24,34H2,1-4H3,(H,35,38). The molecule has 0 radical (unpaired) electrons. The van der Waals surface area contributed by atoms with Crippen molar-refractivity contribution < 1.29 is 14.3 Å². The van der Waals surface area contributed by atoms with Gasteiger partial charge in [0.15, 0.2) is 0 Å². The van der Waals surface area contributed by atoms with E-state index in [1.165, 1.54) is 32.1 Å². The minimum Gasteiger partial charge on any atom is -0.450 e. The van der Waals surface area contributed by atoms with E-state index in [-0.39, 0.29) is 18.0 Å². The van der Waals surface area contributed by atoms with E-state index in [0.29, 0.717) is 42.7 Å². The molecule has 41 heavy (non-hydrogen) atoms. The van der Waals surface area contributed by atoms with Gasteiger partial charge in [0, 0.05) is 56.2 Å². The largest absolute Gasteiger partial charge is 0.450 e. The molecule has 3 rings (SSSR count). The topological polar surface area (TPSA) is 87.9 Å². The maximum atomic E-state index is 13.6. The van der Waals surface area contributed by atoms with Gasteiger partial charge in [-0.25, -0.2) is 4.79 Å². The predicted molar refractivity (Wildman–Crippen MR) is 173 cm³/mol. The summed E-state index contributed by atoms with van der Waals surface area (Å²) in [5.41, 5.74) is 8.26. The molecule has 0 heterocycles. The SMILES string of the molecule is CN(CC(CC1CCCCC1)NC(=O)c1cccc(N(CCCN)c2cccc(Cl)c2)c1)C(=O)OCC[Si](C)(C)C. The zero-order valence-corrected chi connectivity index (χ0v) is 27.1. The second-order valence-corrected chi connectivity index (χ2v) is 18.6. The van der Waals surface area contributed by atoms with Crippen molar-refractivity contribution in [1.82, 2.24) is 10.2 Å². The number of carbonyl (C=O) groups excluding carboxylic acids is 2. The van der Waals surface area contributed by atoms with Gasteiger partial charge in [0.1, 0.15) is 0 Å². The van der Waals surface area contributed by atoms with Crippen molar-refractivity contribution in [2.24, 2.45) is 11.7 Å². The maximum Gasteiger partial charge on any atom is 0.409 e. The van der Waals surface area contributed by atoms with Crippen molar-refractivity contribution in [2.45, 2.75) is 76.7 Å². The molecule has 9 heteroatoms. The Kier molecular flexibility index (Phi) is 13.0. The zero-order chi connectivity index (χ0) is 29.8. The molecule has 7 nitrogen and oxygen atoms in total. The Bertz CT molecular complexity index is 1120. The van der Waals surface area contributed by atoms with Gasteiger partial charge in [0.25, 0.3) is 5.91 Å². The summed E-state index contributed by atoms with van der Waals surface area (Å²) < 4.78 is 5.57. The van der Waals surface area contributed by atoms with Gasteiger partial charge in [0.2, 0.25) is 0 Å². The molecule has 0 aliphatic heterocycles. The molecule has 2 aromatic carbocycles. The number of nitrogens with one attached hydrogen (secondary N) is 1. The van der Waals surface area contributed by atoms with Gasteiger partial charge in [-0.05, 0) is 67.7 Å². The van der Waals surface area contributed by atoms with Crippen LogP contribution >= 0.6 is 11.6 Å². The molecule has 1 aliphatic rings. The van der Waals surface area contributed by atoms with Crippen LogP contribution in [0.3, 0.4) is 0 Å². The molecular formula is C32H49ClN4O3Si. The molecule has 1 fully saturated rings. The van der Waals surface area contributed by atoms with Crippen LogP contribution in [0.2, 0.25) is 30.7 Å². The highest BCUT2D eigenvalue weighted by Gasteiger charge is 2.25. The third-order valence-electron chi connectivity index (χ3n) is 7.69. The van der Waals surface area contributed by atoms with Gasteiger partial charge in [-0.2, -0.15) is 0 Å². The maximum absolute atomic E-state index is 13.6. The first-order chi connectivity index (χ1) is 19.6. The van der Waals surface area contributed by atoms with Gasteiger partial charge >= 0.3 is 6.09 Å². The number of likely N-dealkylation sites (N-methyl/N-ethyl adjacent to an activating group) is 1. The Balaban J connectivity index is 1.74. The van der Waals surface area contributed by atoms with E-state index in [0.717, 1.165) is 30.3 Å². The van der Waals surface area contributed by atoms with E-state index >= 15 is 0 Å². The van der Waals surface area contributed by atoms with Crippen LogP contribution in [0.5, 0.6) is 0 Å². The first kappa shape index (κ1) is 33.0. The van der Waals surface area contributed by atoms with E-state index in [4.69, 9.17) is 22.1 Å². The molecule has 2 amide bonds. The van der Waals surface area contributed by atoms with Crippen molar-refractivity contribution in [2.75, 3.05) is 38.2 Å². The zero-order valence-electron chi connectivity index (χ0n) is 25.3. The van der Waals surface area contributed by atoms with E-state index < -0.39 is 8.07 Å². The van der Waals surface area contributed by atoms with Crippen LogP contribution < -0.4 is 16.0 Å². The lowest BCUT2D eigenvalue weighted by atomic mass is 9.84. The number of rotatable bonds is 14. The monoisotopic (exact) mass is 600 g/mol. The van der Waals surface area contributed by atoms with Crippen LogP contribution in [0.25, 0.3) is 0 Å². The number of halogens is 1. The quantitative estimate of drug-likeness (QED) is 0.222. The average Bonchev–Trinajstić information content (AvgIpc) is 2.93. The van der Waals surface area contributed by atoms with Gasteiger partial charge in [-0.15, -0.1) is 0 Å². The fraction of sp³-hybridized carbons (Fsp3) is 0.562. The number of hydrogen-bond donors (Lipinski definition) is 2. The molecule has 1 unspecified atom stereocenters. The first-order valence-electron chi connectivity index (χ1n) is 15.1. The Morgan fingerprint density at radius 1 is 1.07 bits per heavy atom. The second kappa shape index (κ2) is 16.2. The van der Waals surface area contributed by atoms with Gasteiger partial charge in [-0.1, -0.05) is 75.5 Å². The fourth-order valence-corrected chi connectivity index (χ4v) is 6.25. The van der Waals surface area contributed by atoms with Crippen molar-refractivity contribution in [1.29, 1.82) is 0 Å². The molecule has 0 bridgehead atoms. The number of carbonyl (C=O) groups is 2. The van der Waals surface area contributed by atoms with Crippen molar-refractivity contribution in [3.63, 3.8) is 0 Å². The van der Waals surface area contributed by atoms with Crippen LogP contribution in [0.1, 0.15) is 55.3 Å². The Morgan fingerprint density at radius 3 is 2.41 bits per heavy atom. The summed E-state index contributed by atoms with van der Waals surface area (Å²) in [7, 11) is 0.468. The van der Waals surface area contributed by atoms with Crippen molar-refractivity contribution in [3.05, 3.63) is 59.1 Å². The number of nitrogens with zero attached hydrogens (tertiary/aromatic N) is 2. The molecule has 1 atom stereocenters. The van der Waals surface area contributed by atoms with E-state index in [1.54, 1.807) is 11.9 Å². The molecule has 1 saturated carbocycles. The van der Waals surface area contributed by atoms with Crippen LogP contribution in [0.4, 0.5) is 16.2 Å². The molecule has 226 valence electrons. The Hall–Kier alpha value is -2.55. The van der Waals surface area contributed by atoms with E-state index in [1.807, 2.05) is 48.5 Å². The molecule has 0 saturated heterocycles. The third-order valence-corrected chi connectivity index (χ3v) is 9.63. The van der Waals surface area contributed by atoms with E-state index in [2.05, 4.69) is 29.9 Å². The summed E-state index contributed by atoms with van der Waals surface area (Å²) in [6, 6.07) is 16.1. The number of hydrogen-bond acceptors (Lipinski definition) is 5. The molecule has 0 spiro atoms. The summed E-state index contributed by atoms with van der Waals surface area (Å²) in [5.74, 6) is 0.407. The van der Waals surface area contributed by atoms with Crippen molar-refractivity contribution >= 4 is 43.1 Å². The van der Waals surface area contributed by atoms with E-state index in [9.17, 15) is 9.59 Å². The summed E-state index contributed by atoms with van der Waals surface area (Å²) in [5, 5.41) is 3.92. The van der Waals surface area contributed by atoms with Gasteiger partial charge < -0.3 is 25.6 Å². The van der Waals surface area contributed by atoms with Gasteiger partial charge in [-0.3, -0.25) is 4.79 Å². The third kappa shape index (κ3) is 11.3. The lowest BCUT2D eigenvalue weighted by Crippen LogP contribution is -2.45. The first-order valence-corrected chi connectivity index (χ1v) is 19.2. The highest BCUT2D eigenvalue weighted by atomic mass is 35.5. The Labute approximate surface area is 252 Å². The normalized spacial score (nSPS) is 14.8. The molecule has 0 aromatic heterocycles. The minimum absolute atomic E-state index is 0.141. The molecule has 1 aliphatic carbocycles. The highest BCUT2D eigenvalue weighted by Crippen LogP contribution is 2.30. The lowest BCUT2D eigenvalue weighted by Gasteiger charge is -2.30. The molecular weight excluding hydrogens is 552 g/mol. The molecule has 3 N–H and O–H groups in total. The summed E-state index contributed by atoms with van der Waals surface area (Å²) in [4.78, 5) is 30.1. The van der Waals surface area contributed by atoms with Crippen LogP contribution in [0, 0.1) is 5.92 Å². The number of ether oxygens (including phenoxy) is 1. The van der Waals surface area contributed by atoms with Crippen molar-refractivity contribution in [3.8, 4) is 0 Å². The highest BCUT2D eigenvalue weighted by molar-refractivity contribution is 6.76. The van der Waals surface area contributed by atoms with Crippen LogP contribution in [0.15, 0.2) is 48.5 Å². The summed E-state index contributed by atoms with van der Waals surface area (Å²) >= 11 is 6.29. The average molecular weight is 601 g/mol. The lowest BCUT2D eigenvalue weighted by molar-refractivity contribution is 0.0889. The van der Waals surface area contributed by atoms with Crippen LogP contribution in [-0.2, 0) is 4.74 Å². The summed E-state index contributed by atoms with van der Waals surface area (Å²) in [6.45, 7) is 8.92. The number of anilines is 2. The number of nitrogens with two attached hydrogens (primary N) is 1. The minimum atomic E-state index is -1.29. The van der Waals surface area contributed by atoms with Gasteiger partial charge in [0.05, 0.1) is 6.61 Å². The number of benzene rings is 2. The molecule has 2 aromatic rings. The fourth-order valence-electron chi connectivity index (χ4n) is 5.35. The summed E-state index contributed by atoms with van der Waals surface area (Å²) in [6.07, 6.45) is 7.38. The second-order valence-electron chi connectivity index (χ2n) is 12.5. The van der Waals surface area contributed by atoms with Crippen LogP contribution in [-0.4, -0.2) is 64.3 Å². The Morgan fingerprint density at radius 2 is 1.76 bits per heavy atom. The number of amides is 2. The smallest absolute Gasteiger partial charge is 0.409 e.